The van der Waals surface area contributed by atoms with E-state index in [1.54, 1.807) is 0 Å². The van der Waals surface area contributed by atoms with E-state index < -0.39 is 0 Å². The minimum absolute atomic E-state index is 0.0585. The van der Waals surface area contributed by atoms with E-state index in [2.05, 4.69) is 17.3 Å². The average Bonchev–Trinajstić information content (AvgIpc) is 2.89. The molecule has 0 aliphatic carbocycles. The van der Waals surface area contributed by atoms with Crippen LogP contribution in [0.15, 0.2) is 0 Å². The second kappa shape index (κ2) is 6.01. The molecular formula is C16H26N4O2. The molecule has 0 unspecified atom stereocenters. The van der Waals surface area contributed by atoms with Crippen molar-refractivity contribution in [2.45, 2.75) is 51.2 Å². The van der Waals surface area contributed by atoms with Crippen molar-refractivity contribution in [2.24, 2.45) is 7.05 Å². The number of aromatic nitrogens is 2. The molecule has 6 nitrogen and oxygen atoms in total. The minimum Gasteiger partial charge on any atom is -0.380 e. The highest BCUT2D eigenvalue weighted by molar-refractivity contribution is 5.80. The molecule has 2 saturated heterocycles. The number of likely N-dealkylation sites (N-methyl/N-ethyl adjacent to an activating group) is 1. The molecule has 1 amide bonds. The number of carbonyl (C=O) groups is 1. The van der Waals surface area contributed by atoms with Gasteiger partial charge in [0, 0.05) is 50.5 Å². The van der Waals surface area contributed by atoms with Gasteiger partial charge in [0.1, 0.15) is 0 Å². The number of rotatable bonds is 3. The first-order valence-electron chi connectivity index (χ1n) is 8.08. The number of aryl methyl sites for hydroxylation is 2. The Bertz CT molecular complexity index is 563. The molecule has 2 aliphatic rings. The zero-order chi connectivity index (χ0) is 15.9. The standard InChI is InChI=1S/C16H26N4O2/c1-10-15(11(2)20(4)18-10)16-13(8-14(21)19(16)3)17-12-6-5-7-22-9-12/h12-13,16-17H,5-9H2,1-4H3/t12-,13+,16+/m0/s1. The summed E-state index contributed by atoms with van der Waals surface area (Å²) < 4.78 is 7.47. The Balaban J connectivity index is 1.86. The highest BCUT2D eigenvalue weighted by Crippen LogP contribution is 2.35. The van der Waals surface area contributed by atoms with Gasteiger partial charge in [0.2, 0.25) is 5.91 Å². The Labute approximate surface area is 131 Å². The fourth-order valence-corrected chi connectivity index (χ4v) is 3.81. The first kappa shape index (κ1) is 15.5. The van der Waals surface area contributed by atoms with Gasteiger partial charge in [-0.2, -0.15) is 5.10 Å². The Kier molecular flexibility index (Phi) is 4.23. The SMILES string of the molecule is Cc1nn(C)c(C)c1[C@H]1[C@H](N[C@H]2CCCOC2)CC(=O)N1C. The molecule has 1 aromatic rings. The van der Waals surface area contributed by atoms with E-state index in [0.29, 0.717) is 12.5 Å². The fourth-order valence-electron chi connectivity index (χ4n) is 3.81. The van der Waals surface area contributed by atoms with Gasteiger partial charge in [-0.05, 0) is 26.7 Å². The molecular weight excluding hydrogens is 280 g/mol. The van der Waals surface area contributed by atoms with Gasteiger partial charge in [0.15, 0.2) is 0 Å². The van der Waals surface area contributed by atoms with Crippen LogP contribution < -0.4 is 5.32 Å². The van der Waals surface area contributed by atoms with Crippen molar-refractivity contribution in [1.29, 1.82) is 0 Å². The van der Waals surface area contributed by atoms with Gasteiger partial charge in [-0.1, -0.05) is 0 Å². The normalized spacial score (nSPS) is 29.4. The quantitative estimate of drug-likeness (QED) is 0.908. The van der Waals surface area contributed by atoms with Crippen molar-refractivity contribution in [2.75, 3.05) is 20.3 Å². The van der Waals surface area contributed by atoms with Crippen LogP contribution in [0.25, 0.3) is 0 Å². The van der Waals surface area contributed by atoms with Crippen LogP contribution >= 0.6 is 0 Å². The molecule has 1 N–H and O–H groups in total. The summed E-state index contributed by atoms with van der Waals surface area (Å²) in [5.41, 5.74) is 3.33. The van der Waals surface area contributed by atoms with E-state index in [0.717, 1.165) is 37.4 Å². The number of carbonyl (C=O) groups excluding carboxylic acids is 1. The smallest absolute Gasteiger partial charge is 0.224 e. The van der Waals surface area contributed by atoms with Gasteiger partial charge in [-0.3, -0.25) is 9.48 Å². The van der Waals surface area contributed by atoms with Crippen molar-refractivity contribution < 1.29 is 9.53 Å². The van der Waals surface area contributed by atoms with Crippen LogP contribution in [0, 0.1) is 13.8 Å². The Hall–Kier alpha value is -1.40. The van der Waals surface area contributed by atoms with Crippen LogP contribution in [0.4, 0.5) is 0 Å². The maximum Gasteiger partial charge on any atom is 0.224 e. The van der Waals surface area contributed by atoms with Gasteiger partial charge in [0.05, 0.1) is 18.3 Å². The first-order chi connectivity index (χ1) is 10.5. The molecule has 0 saturated carbocycles. The van der Waals surface area contributed by atoms with E-state index >= 15 is 0 Å². The van der Waals surface area contributed by atoms with E-state index in [9.17, 15) is 4.79 Å². The molecule has 0 aromatic carbocycles. The van der Waals surface area contributed by atoms with Crippen LogP contribution in [0.1, 0.15) is 42.3 Å². The number of nitrogens with zero attached hydrogens (tertiary/aromatic N) is 3. The summed E-state index contributed by atoms with van der Waals surface area (Å²) in [6.45, 7) is 5.70. The number of likely N-dealkylation sites (tertiary alicyclic amines) is 1. The van der Waals surface area contributed by atoms with Gasteiger partial charge < -0.3 is 15.0 Å². The van der Waals surface area contributed by atoms with Gasteiger partial charge in [-0.15, -0.1) is 0 Å². The molecule has 2 aliphatic heterocycles. The van der Waals surface area contributed by atoms with Crippen molar-refractivity contribution in [3.63, 3.8) is 0 Å². The number of amides is 1. The van der Waals surface area contributed by atoms with Crippen molar-refractivity contribution in [3.05, 3.63) is 17.0 Å². The lowest BCUT2D eigenvalue weighted by Crippen LogP contribution is -2.45. The van der Waals surface area contributed by atoms with Crippen LogP contribution in [0.3, 0.4) is 0 Å². The number of hydrogen-bond donors (Lipinski definition) is 1. The average molecular weight is 306 g/mol. The van der Waals surface area contributed by atoms with Gasteiger partial charge in [-0.25, -0.2) is 0 Å². The van der Waals surface area contributed by atoms with E-state index in [1.165, 1.54) is 5.56 Å². The maximum absolute atomic E-state index is 12.3. The third kappa shape index (κ3) is 2.65. The highest BCUT2D eigenvalue weighted by atomic mass is 16.5. The molecule has 3 atom stereocenters. The zero-order valence-corrected chi connectivity index (χ0v) is 13.9. The molecule has 6 heteroatoms. The Morgan fingerprint density at radius 1 is 1.32 bits per heavy atom. The largest absolute Gasteiger partial charge is 0.380 e. The highest BCUT2D eigenvalue weighted by Gasteiger charge is 2.41. The molecule has 3 heterocycles. The summed E-state index contributed by atoms with van der Waals surface area (Å²) in [6, 6.07) is 0.534. The van der Waals surface area contributed by atoms with Gasteiger partial charge in [0.25, 0.3) is 0 Å². The molecule has 22 heavy (non-hydrogen) atoms. The van der Waals surface area contributed by atoms with E-state index in [4.69, 9.17) is 4.74 Å². The molecule has 122 valence electrons. The van der Waals surface area contributed by atoms with Crippen LogP contribution in [0.2, 0.25) is 0 Å². The molecule has 2 fully saturated rings. The minimum atomic E-state index is 0.0585. The first-order valence-corrected chi connectivity index (χ1v) is 8.08. The van der Waals surface area contributed by atoms with Gasteiger partial charge >= 0.3 is 0 Å². The zero-order valence-electron chi connectivity index (χ0n) is 13.9. The van der Waals surface area contributed by atoms with Crippen molar-refractivity contribution >= 4 is 5.91 Å². The number of hydrogen-bond acceptors (Lipinski definition) is 4. The third-order valence-electron chi connectivity index (χ3n) is 5.06. The monoisotopic (exact) mass is 306 g/mol. The van der Waals surface area contributed by atoms with E-state index in [-0.39, 0.29) is 18.0 Å². The van der Waals surface area contributed by atoms with E-state index in [1.807, 2.05) is 30.6 Å². The number of nitrogens with one attached hydrogen (secondary N) is 1. The molecule has 0 spiro atoms. The third-order valence-corrected chi connectivity index (χ3v) is 5.06. The summed E-state index contributed by atoms with van der Waals surface area (Å²) in [5, 5.41) is 8.19. The molecule has 3 rings (SSSR count). The molecule has 1 aromatic heterocycles. The van der Waals surface area contributed by atoms with Crippen LogP contribution in [0.5, 0.6) is 0 Å². The Morgan fingerprint density at radius 3 is 2.68 bits per heavy atom. The number of ether oxygens (including phenoxy) is 1. The molecule has 0 radical (unpaired) electrons. The summed E-state index contributed by atoms with van der Waals surface area (Å²) in [7, 11) is 3.86. The topological polar surface area (TPSA) is 59.4 Å². The van der Waals surface area contributed by atoms with Crippen LogP contribution in [-0.2, 0) is 16.6 Å². The lowest BCUT2D eigenvalue weighted by Gasteiger charge is -2.31. The summed E-state index contributed by atoms with van der Waals surface area (Å²) in [4.78, 5) is 14.1. The van der Waals surface area contributed by atoms with Crippen molar-refractivity contribution in [3.8, 4) is 0 Å². The predicted octanol–water partition coefficient (Wildman–Crippen LogP) is 1.08. The summed E-state index contributed by atoms with van der Waals surface area (Å²) in [5.74, 6) is 0.196. The van der Waals surface area contributed by atoms with Crippen LogP contribution in [-0.4, -0.2) is 52.9 Å². The summed E-state index contributed by atoms with van der Waals surface area (Å²) in [6.07, 6.45) is 2.75. The Morgan fingerprint density at radius 2 is 2.09 bits per heavy atom. The molecule has 0 bridgehead atoms. The maximum atomic E-state index is 12.3. The second-order valence-electron chi connectivity index (χ2n) is 6.55. The predicted molar refractivity (Wildman–Crippen MR) is 83.6 cm³/mol. The lowest BCUT2D eigenvalue weighted by molar-refractivity contribution is -0.127. The fraction of sp³-hybridized carbons (Fsp3) is 0.750. The lowest BCUT2D eigenvalue weighted by atomic mass is 9.97. The summed E-state index contributed by atoms with van der Waals surface area (Å²) >= 11 is 0. The van der Waals surface area contributed by atoms with Crippen molar-refractivity contribution in [1.82, 2.24) is 20.0 Å². The second-order valence-corrected chi connectivity index (χ2v) is 6.55.